The number of alkyl halides is 1. The van der Waals surface area contributed by atoms with Crippen LogP contribution in [0.15, 0.2) is 0 Å². The maximum atomic E-state index is 8.69. The van der Waals surface area contributed by atoms with E-state index in [2.05, 4.69) is 6.92 Å². The molecule has 0 saturated heterocycles. The molecule has 2 nitrogen and oxygen atoms in total. The quantitative estimate of drug-likeness (QED) is 0.364. The van der Waals surface area contributed by atoms with Crippen LogP contribution in [0.5, 0.6) is 0 Å². The van der Waals surface area contributed by atoms with Gasteiger partial charge in [0, 0.05) is 19.5 Å². The molecule has 0 fully saturated rings. The van der Waals surface area contributed by atoms with Crippen LogP contribution in [-0.2, 0) is 24.3 Å². The molecule has 66 valence electrons. The smallest absolute Gasteiger partial charge is 0.0595 e. The summed E-state index contributed by atoms with van der Waals surface area (Å²) in [5.41, 5.74) is 0. The Bertz CT molecular complexity index is 62.5. The van der Waals surface area contributed by atoms with Crippen molar-refractivity contribution in [2.75, 3.05) is 6.61 Å². The van der Waals surface area contributed by atoms with Gasteiger partial charge in [0.05, 0.1) is 12.0 Å². The Kier molecular flexibility index (Phi) is 46.2. The summed E-state index contributed by atoms with van der Waals surface area (Å²) in [4.78, 5) is 8.69. The van der Waals surface area contributed by atoms with Gasteiger partial charge in [-0.25, -0.2) is 0 Å². The van der Waals surface area contributed by atoms with Crippen LogP contribution < -0.4 is 0 Å². The van der Waals surface area contributed by atoms with Crippen molar-refractivity contribution in [1.82, 2.24) is 0 Å². The molecule has 0 aliphatic carbocycles. The first-order chi connectivity index (χ1) is 4.22. The Hall–Kier alpha value is 0.893. The Morgan fingerprint density at radius 1 is 1.73 bits per heavy atom. The minimum absolute atomic E-state index is 0. The molecule has 0 radical (unpaired) electrons. The van der Waals surface area contributed by atoms with E-state index in [9.17, 15) is 0 Å². The normalized spacial score (nSPS) is 9.00. The predicted molar refractivity (Wildman–Crippen MR) is 48.8 cm³/mol. The summed E-state index contributed by atoms with van der Waals surface area (Å²) in [7, 11) is 0. The molecule has 11 heavy (non-hydrogen) atoms. The topological polar surface area (TPSA) is 37.3 Å². The van der Waals surface area contributed by atoms with Crippen LogP contribution in [0.2, 0.25) is 0 Å². The molecule has 1 atom stereocenters. The van der Waals surface area contributed by atoms with Crippen molar-refractivity contribution in [3.05, 3.63) is 6.92 Å². The number of halogens is 2. The molecule has 0 bridgehead atoms. The number of carbonyl (C=O) groups is 1. The third kappa shape index (κ3) is 36.0. The van der Waals surface area contributed by atoms with Gasteiger partial charge >= 0.3 is 0 Å². The van der Waals surface area contributed by atoms with Crippen molar-refractivity contribution in [2.45, 2.75) is 18.7 Å². The van der Waals surface area contributed by atoms with Gasteiger partial charge in [0.2, 0.25) is 0 Å². The molecule has 0 saturated carbocycles. The Morgan fingerprint density at radius 3 is 2.00 bits per heavy atom. The predicted octanol–water partition coefficient (Wildman–Crippen LogP) is 1.59. The first-order valence-electron chi connectivity index (χ1n) is 2.70. The summed E-state index contributed by atoms with van der Waals surface area (Å²) < 4.78 is 0. The fourth-order valence-electron chi connectivity index (χ4n) is 0.129. The van der Waals surface area contributed by atoms with Crippen molar-refractivity contribution in [3.8, 4) is 0 Å². The van der Waals surface area contributed by atoms with Crippen LogP contribution in [0.4, 0.5) is 0 Å². The van der Waals surface area contributed by atoms with E-state index < -0.39 is 0 Å². The molecule has 0 aliphatic heterocycles. The minimum atomic E-state index is -0.0370. The van der Waals surface area contributed by atoms with E-state index in [-0.39, 0.29) is 48.4 Å². The molecule has 1 N–H and O–H groups in total. The molecule has 0 aliphatic rings. The Balaban J connectivity index is -0.0000000437. The van der Waals surface area contributed by atoms with E-state index in [0.29, 0.717) is 6.29 Å². The van der Waals surface area contributed by atoms with Crippen LogP contribution in [-0.4, -0.2) is 23.4 Å². The molecule has 0 aromatic heterocycles. The molecule has 0 spiro atoms. The first-order valence-corrected chi connectivity index (χ1v) is 3.14. The number of carbonyl (C=O) groups excluding carboxylic acids is 1. The van der Waals surface area contributed by atoms with E-state index in [0.717, 1.165) is 6.42 Å². The second-order valence-electron chi connectivity index (χ2n) is 1.35. The molecule has 0 aromatic carbocycles. The van der Waals surface area contributed by atoms with Crippen molar-refractivity contribution in [3.63, 3.8) is 0 Å². The zero-order valence-electron chi connectivity index (χ0n) is 6.62. The number of aliphatic hydroxyl groups is 1. The molecular weight excluding hydrogens is 285 g/mol. The molecule has 0 aromatic rings. The third-order valence-electron chi connectivity index (χ3n) is 0.641. The summed E-state index contributed by atoms with van der Waals surface area (Å²) in [6.07, 6.45) is 1.35. The van der Waals surface area contributed by atoms with E-state index in [1.54, 1.807) is 0 Å². The SMILES string of the molecule is Br.CCC(Cl)CO.[CH2-]C=O.[Zn]. The Morgan fingerprint density at radius 2 is 2.00 bits per heavy atom. The number of aldehydes is 1. The molecule has 0 heterocycles. The summed E-state index contributed by atoms with van der Waals surface area (Å²) in [5.74, 6) is 0. The second-order valence-corrected chi connectivity index (χ2v) is 1.97. The molecule has 1 unspecified atom stereocenters. The monoisotopic (exact) mass is 295 g/mol. The fraction of sp³-hybridized carbons (Fsp3) is 0.667. The summed E-state index contributed by atoms with van der Waals surface area (Å²) in [5, 5.41) is 8.17. The molecular formula is C6H13BrClO2Zn-. The summed E-state index contributed by atoms with van der Waals surface area (Å²) in [6.45, 7) is 4.84. The van der Waals surface area contributed by atoms with Gasteiger partial charge in [-0.1, -0.05) is 6.92 Å². The van der Waals surface area contributed by atoms with Crippen LogP contribution in [0.3, 0.4) is 0 Å². The second kappa shape index (κ2) is 22.4. The van der Waals surface area contributed by atoms with Gasteiger partial charge in [-0.3, -0.25) is 0 Å². The van der Waals surface area contributed by atoms with Gasteiger partial charge in [-0.2, -0.15) is 0 Å². The average molecular weight is 298 g/mol. The number of aliphatic hydroxyl groups excluding tert-OH is 1. The van der Waals surface area contributed by atoms with E-state index in [4.69, 9.17) is 21.5 Å². The minimum Gasteiger partial charge on any atom is -0.395 e. The molecule has 0 rings (SSSR count). The maximum Gasteiger partial charge on any atom is 0.0595 e. The van der Waals surface area contributed by atoms with Gasteiger partial charge in [0.15, 0.2) is 0 Å². The van der Waals surface area contributed by atoms with Gasteiger partial charge in [-0.15, -0.1) is 28.6 Å². The van der Waals surface area contributed by atoms with E-state index >= 15 is 0 Å². The summed E-state index contributed by atoms with van der Waals surface area (Å²) in [6, 6.07) is 0. The van der Waals surface area contributed by atoms with Crippen molar-refractivity contribution in [1.29, 1.82) is 0 Å². The van der Waals surface area contributed by atoms with Crippen LogP contribution in [0.25, 0.3) is 0 Å². The van der Waals surface area contributed by atoms with Gasteiger partial charge < -0.3 is 16.8 Å². The first kappa shape index (κ1) is 22.7. The summed E-state index contributed by atoms with van der Waals surface area (Å²) >= 11 is 5.40. The van der Waals surface area contributed by atoms with Crippen molar-refractivity contribution < 1.29 is 29.4 Å². The fourth-order valence-corrected chi connectivity index (χ4v) is 0.129. The van der Waals surface area contributed by atoms with Gasteiger partial charge in [0.25, 0.3) is 0 Å². The number of hydrogen-bond donors (Lipinski definition) is 1. The Labute approximate surface area is 96.2 Å². The van der Waals surface area contributed by atoms with E-state index in [1.807, 2.05) is 6.92 Å². The van der Waals surface area contributed by atoms with Crippen molar-refractivity contribution in [2.24, 2.45) is 0 Å². The van der Waals surface area contributed by atoms with Crippen LogP contribution >= 0.6 is 28.6 Å². The molecule has 5 heteroatoms. The molecule has 0 amide bonds. The van der Waals surface area contributed by atoms with E-state index in [1.165, 1.54) is 0 Å². The zero-order chi connectivity index (χ0) is 7.70. The standard InChI is InChI=1S/C4H9ClO.C2H3O.BrH.Zn/c1-2-4(5)3-6;1-2-3;;/h4,6H,2-3H2,1H3;2H,1H2;1H;/q;-1;;. The van der Waals surface area contributed by atoms with Crippen LogP contribution in [0, 0.1) is 6.92 Å². The number of rotatable bonds is 2. The van der Waals surface area contributed by atoms with Gasteiger partial charge in [-0.05, 0) is 12.7 Å². The maximum absolute atomic E-state index is 8.69. The third-order valence-corrected chi connectivity index (χ3v) is 1.09. The van der Waals surface area contributed by atoms with Gasteiger partial charge in [0.1, 0.15) is 0 Å². The largest absolute Gasteiger partial charge is 0.395 e. The zero-order valence-corrected chi connectivity index (χ0v) is 12.1. The van der Waals surface area contributed by atoms with Crippen molar-refractivity contribution >= 4 is 34.9 Å². The number of hydrogen-bond acceptors (Lipinski definition) is 2. The average Bonchev–Trinajstić information content (AvgIpc) is 1.88. The van der Waals surface area contributed by atoms with Crippen LogP contribution in [0.1, 0.15) is 13.3 Å².